The Morgan fingerprint density at radius 3 is 2.68 bits per heavy atom. The van der Waals surface area contributed by atoms with Crippen LogP contribution in [0.3, 0.4) is 0 Å². The highest BCUT2D eigenvalue weighted by atomic mass is 35.5. The van der Waals surface area contributed by atoms with E-state index in [0.717, 1.165) is 56.8 Å². The quantitative estimate of drug-likeness (QED) is 0.857. The number of oxazole rings is 1. The molecule has 1 amide bonds. The van der Waals surface area contributed by atoms with Crippen molar-refractivity contribution in [3.05, 3.63) is 23.8 Å². The Kier molecular flexibility index (Phi) is 6.54. The number of hydrogen-bond donors (Lipinski definition) is 1. The number of hydrogen-bond acceptors (Lipinski definition) is 5. The summed E-state index contributed by atoms with van der Waals surface area (Å²) in [5, 5.41) is 3.26. The summed E-state index contributed by atoms with van der Waals surface area (Å²) in [6.07, 6.45) is 0.962. The Balaban J connectivity index is 0.00000113. The smallest absolute Gasteiger partial charge is 0.298 e. The van der Waals surface area contributed by atoms with Crippen LogP contribution in [0.2, 0.25) is 0 Å². The molecule has 0 aliphatic carbocycles. The number of amides is 1. The van der Waals surface area contributed by atoms with E-state index in [0.29, 0.717) is 11.9 Å². The van der Waals surface area contributed by atoms with Gasteiger partial charge in [0.2, 0.25) is 5.91 Å². The van der Waals surface area contributed by atoms with Gasteiger partial charge < -0.3 is 19.5 Å². The van der Waals surface area contributed by atoms with E-state index < -0.39 is 0 Å². The predicted molar refractivity (Wildman–Crippen MR) is 103 cm³/mol. The summed E-state index contributed by atoms with van der Waals surface area (Å²) < 4.78 is 5.86. The van der Waals surface area contributed by atoms with Crippen molar-refractivity contribution in [1.29, 1.82) is 0 Å². The Morgan fingerprint density at radius 1 is 1.24 bits per heavy atom. The largest absolute Gasteiger partial charge is 0.423 e. The number of aryl methyl sites for hydroxylation is 1. The lowest BCUT2D eigenvalue weighted by molar-refractivity contribution is -0.135. The lowest BCUT2D eigenvalue weighted by Gasteiger charge is -2.35. The SMILES string of the molecule is Cc1ccc2oc(N3CCN(C(=O)C4CCNC4)CC3)nc2c1.Cl.Cl. The first-order chi connectivity index (χ1) is 11.2. The first-order valence-electron chi connectivity index (χ1n) is 8.32. The molecule has 0 spiro atoms. The number of halogens is 2. The Labute approximate surface area is 159 Å². The lowest BCUT2D eigenvalue weighted by atomic mass is 10.1. The molecule has 25 heavy (non-hydrogen) atoms. The van der Waals surface area contributed by atoms with E-state index in [1.807, 2.05) is 23.1 Å². The highest BCUT2D eigenvalue weighted by Crippen LogP contribution is 2.24. The molecule has 1 aromatic carbocycles. The molecule has 1 unspecified atom stereocenters. The minimum absolute atomic E-state index is 0. The summed E-state index contributed by atoms with van der Waals surface area (Å²) in [4.78, 5) is 21.2. The first-order valence-corrected chi connectivity index (χ1v) is 8.32. The number of carbonyl (C=O) groups is 1. The van der Waals surface area contributed by atoms with Crippen LogP contribution in [0.5, 0.6) is 0 Å². The van der Waals surface area contributed by atoms with Gasteiger partial charge in [0.25, 0.3) is 6.01 Å². The number of benzene rings is 1. The van der Waals surface area contributed by atoms with Crippen molar-refractivity contribution in [2.75, 3.05) is 44.2 Å². The normalized spacial score (nSPS) is 20.3. The van der Waals surface area contributed by atoms with Gasteiger partial charge in [-0.3, -0.25) is 4.79 Å². The molecular weight excluding hydrogens is 363 g/mol. The average Bonchev–Trinajstić information content (AvgIpc) is 3.23. The summed E-state index contributed by atoms with van der Waals surface area (Å²) in [5.41, 5.74) is 2.90. The third-order valence-electron chi connectivity index (χ3n) is 4.80. The van der Waals surface area contributed by atoms with Crippen LogP contribution >= 0.6 is 24.8 Å². The maximum Gasteiger partial charge on any atom is 0.298 e. The number of carbonyl (C=O) groups excluding carboxylic acids is 1. The van der Waals surface area contributed by atoms with Gasteiger partial charge in [0, 0.05) is 32.7 Å². The van der Waals surface area contributed by atoms with Crippen LogP contribution in [0.1, 0.15) is 12.0 Å². The van der Waals surface area contributed by atoms with Crippen molar-refractivity contribution in [2.45, 2.75) is 13.3 Å². The second-order valence-corrected chi connectivity index (χ2v) is 6.47. The molecule has 1 aromatic heterocycles. The monoisotopic (exact) mass is 386 g/mol. The summed E-state index contributed by atoms with van der Waals surface area (Å²) in [6.45, 7) is 6.87. The van der Waals surface area contributed by atoms with Crippen molar-refractivity contribution >= 4 is 47.8 Å². The molecule has 8 heteroatoms. The minimum Gasteiger partial charge on any atom is -0.423 e. The Morgan fingerprint density at radius 2 is 2.00 bits per heavy atom. The molecule has 0 bridgehead atoms. The van der Waals surface area contributed by atoms with E-state index in [-0.39, 0.29) is 30.7 Å². The van der Waals surface area contributed by atoms with Crippen molar-refractivity contribution in [3.63, 3.8) is 0 Å². The molecule has 4 rings (SSSR count). The van der Waals surface area contributed by atoms with Crippen LogP contribution in [0.25, 0.3) is 11.1 Å². The van der Waals surface area contributed by atoms with Crippen LogP contribution in [0, 0.1) is 12.8 Å². The summed E-state index contributed by atoms with van der Waals surface area (Å²) >= 11 is 0. The highest BCUT2D eigenvalue weighted by molar-refractivity contribution is 5.85. The van der Waals surface area contributed by atoms with Crippen molar-refractivity contribution in [3.8, 4) is 0 Å². The molecule has 2 aliphatic rings. The second-order valence-electron chi connectivity index (χ2n) is 6.47. The van der Waals surface area contributed by atoms with Gasteiger partial charge in [-0.2, -0.15) is 4.98 Å². The van der Waals surface area contributed by atoms with Gasteiger partial charge in [-0.1, -0.05) is 6.07 Å². The Hall–Kier alpha value is -1.50. The van der Waals surface area contributed by atoms with Crippen LogP contribution < -0.4 is 10.2 Å². The molecule has 2 saturated heterocycles. The van der Waals surface area contributed by atoms with Gasteiger partial charge in [-0.25, -0.2) is 0 Å². The molecule has 6 nitrogen and oxygen atoms in total. The molecule has 138 valence electrons. The third-order valence-corrected chi connectivity index (χ3v) is 4.80. The zero-order chi connectivity index (χ0) is 15.8. The predicted octanol–water partition coefficient (Wildman–Crippen LogP) is 2.24. The van der Waals surface area contributed by atoms with Crippen molar-refractivity contribution in [2.24, 2.45) is 5.92 Å². The van der Waals surface area contributed by atoms with Gasteiger partial charge in [-0.15, -0.1) is 24.8 Å². The highest BCUT2D eigenvalue weighted by Gasteiger charge is 2.30. The van der Waals surface area contributed by atoms with Crippen molar-refractivity contribution < 1.29 is 9.21 Å². The number of nitrogens with zero attached hydrogens (tertiary/aromatic N) is 3. The van der Waals surface area contributed by atoms with Gasteiger partial charge in [0.1, 0.15) is 5.52 Å². The van der Waals surface area contributed by atoms with E-state index in [1.165, 1.54) is 5.56 Å². The maximum atomic E-state index is 12.5. The number of anilines is 1. The first kappa shape index (κ1) is 19.8. The number of piperazine rings is 1. The van der Waals surface area contributed by atoms with Gasteiger partial charge >= 0.3 is 0 Å². The fourth-order valence-corrected chi connectivity index (χ4v) is 3.40. The molecule has 3 heterocycles. The van der Waals surface area contributed by atoms with Crippen LogP contribution in [-0.4, -0.2) is 55.1 Å². The molecule has 0 saturated carbocycles. The fraction of sp³-hybridized carbons (Fsp3) is 0.529. The van der Waals surface area contributed by atoms with E-state index in [1.54, 1.807) is 0 Å². The van der Waals surface area contributed by atoms with Crippen LogP contribution in [0.4, 0.5) is 6.01 Å². The van der Waals surface area contributed by atoms with Gasteiger partial charge in [-0.05, 0) is 37.6 Å². The number of nitrogens with one attached hydrogen (secondary N) is 1. The second kappa shape index (κ2) is 8.25. The minimum atomic E-state index is 0. The van der Waals surface area contributed by atoms with Crippen molar-refractivity contribution in [1.82, 2.24) is 15.2 Å². The summed E-state index contributed by atoms with van der Waals surface area (Å²) in [6, 6.07) is 6.70. The maximum absolute atomic E-state index is 12.5. The van der Waals surface area contributed by atoms with E-state index in [4.69, 9.17) is 4.42 Å². The molecule has 1 N–H and O–H groups in total. The standard InChI is InChI=1S/C17H22N4O2.2ClH/c1-12-2-3-15-14(10-12)19-17(23-15)21-8-6-20(7-9-21)16(22)13-4-5-18-11-13;;/h2-3,10,13,18H,4-9,11H2,1H3;2*1H. The average molecular weight is 387 g/mol. The molecule has 2 aliphatic heterocycles. The zero-order valence-electron chi connectivity index (χ0n) is 14.2. The van der Waals surface area contributed by atoms with E-state index in [2.05, 4.69) is 22.1 Å². The number of fused-ring (bicyclic) bond motifs is 1. The number of aromatic nitrogens is 1. The summed E-state index contributed by atoms with van der Waals surface area (Å²) in [7, 11) is 0. The van der Waals surface area contributed by atoms with Gasteiger partial charge in [0.05, 0.1) is 5.92 Å². The van der Waals surface area contributed by atoms with Crippen LogP contribution in [0.15, 0.2) is 22.6 Å². The molecule has 2 aromatic rings. The summed E-state index contributed by atoms with van der Waals surface area (Å²) in [5.74, 6) is 0.455. The molecule has 2 fully saturated rings. The van der Waals surface area contributed by atoms with Gasteiger partial charge in [0.15, 0.2) is 5.58 Å². The topological polar surface area (TPSA) is 61.6 Å². The van der Waals surface area contributed by atoms with Crippen LogP contribution in [-0.2, 0) is 4.79 Å². The molecule has 0 radical (unpaired) electrons. The van der Waals surface area contributed by atoms with E-state index >= 15 is 0 Å². The van der Waals surface area contributed by atoms with E-state index in [9.17, 15) is 4.79 Å². The molecular formula is C17H24Cl2N4O2. The Bertz CT molecular complexity index is 723. The fourth-order valence-electron chi connectivity index (χ4n) is 3.40. The lowest BCUT2D eigenvalue weighted by Crippen LogP contribution is -2.50. The number of rotatable bonds is 2. The molecule has 1 atom stereocenters. The third kappa shape index (κ3) is 4.02. The zero-order valence-corrected chi connectivity index (χ0v) is 15.9.